The summed E-state index contributed by atoms with van der Waals surface area (Å²) in [4.78, 5) is 2.34. The highest BCUT2D eigenvalue weighted by Crippen LogP contribution is 1.90. The molecule has 0 aliphatic carbocycles. The molecule has 0 saturated heterocycles. The lowest BCUT2D eigenvalue weighted by atomic mass is 10.4. The molecule has 0 aliphatic heterocycles. The summed E-state index contributed by atoms with van der Waals surface area (Å²) in [5, 5.41) is 0. The highest BCUT2D eigenvalue weighted by molar-refractivity contribution is 7.80. The second-order valence-electron chi connectivity index (χ2n) is 2.38. The van der Waals surface area contributed by atoms with Crippen LogP contribution in [0.25, 0.3) is 0 Å². The summed E-state index contributed by atoms with van der Waals surface area (Å²) in [5.74, 6) is 1.01. The minimum atomic E-state index is 1.01. The van der Waals surface area contributed by atoms with E-state index in [1.807, 2.05) is 0 Å². The standard InChI is InChI=1S/C7H17NS/c1-3-5-8(2)6-4-7-9/h9H,3-7H2,1-2H3. The maximum Gasteiger partial charge on any atom is -0.00140 e. The number of hydrogen-bond donors (Lipinski definition) is 1. The van der Waals surface area contributed by atoms with Crippen LogP contribution in [0.1, 0.15) is 19.8 Å². The van der Waals surface area contributed by atoms with E-state index < -0.39 is 0 Å². The van der Waals surface area contributed by atoms with E-state index in [4.69, 9.17) is 0 Å². The van der Waals surface area contributed by atoms with E-state index in [9.17, 15) is 0 Å². The quantitative estimate of drug-likeness (QED) is 0.579. The second kappa shape index (κ2) is 6.43. The van der Waals surface area contributed by atoms with E-state index in [-0.39, 0.29) is 0 Å². The number of nitrogens with zero attached hydrogens (tertiary/aromatic N) is 1. The van der Waals surface area contributed by atoms with E-state index >= 15 is 0 Å². The van der Waals surface area contributed by atoms with Crippen LogP contribution in [-0.4, -0.2) is 30.8 Å². The van der Waals surface area contributed by atoms with Crippen LogP contribution < -0.4 is 0 Å². The summed E-state index contributed by atoms with van der Waals surface area (Å²) in [7, 11) is 2.16. The SMILES string of the molecule is CCCN(C)CCCS. The molecule has 2 heteroatoms. The van der Waals surface area contributed by atoms with E-state index in [2.05, 4.69) is 31.5 Å². The molecular formula is C7H17NS. The predicted molar refractivity (Wildman–Crippen MR) is 46.3 cm³/mol. The van der Waals surface area contributed by atoms with Crippen molar-refractivity contribution < 1.29 is 0 Å². The molecule has 0 aromatic rings. The Hall–Kier alpha value is 0.310. The van der Waals surface area contributed by atoms with Crippen LogP contribution in [0.3, 0.4) is 0 Å². The summed E-state index contributed by atoms with van der Waals surface area (Å²) >= 11 is 4.14. The maximum absolute atomic E-state index is 4.14. The Labute approximate surface area is 63.8 Å². The van der Waals surface area contributed by atoms with Gasteiger partial charge in [0.25, 0.3) is 0 Å². The lowest BCUT2D eigenvalue weighted by molar-refractivity contribution is 0.336. The van der Waals surface area contributed by atoms with Crippen LogP contribution in [0.5, 0.6) is 0 Å². The van der Waals surface area contributed by atoms with Crippen molar-refractivity contribution in [3.8, 4) is 0 Å². The van der Waals surface area contributed by atoms with Crippen molar-refractivity contribution in [2.75, 3.05) is 25.9 Å². The van der Waals surface area contributed by atoms with Gasteiger partial charge in [0.05, 0.1) is 0 Å². The third-order valence-electron chi connectivity index (χ3n) is 1.30. The zero-order valence-corrected chi connectivity index (χ0v) is 7.32. The Bertz CT molecular complexity index is 56.9. The molecule has 56 valence electrons. The molecule has 0 heterocycles. The minimum Gasteiger partial charge on any atom is -0.306 e. The van der Waals surface area contributed by atoms with Crippen LogP contribution in [0.15, 0.2) is 0 Å². The summed E-state index contributed by atoms with van der Waals surface area (Å²) < 4.78 is 0. The Morgan fingerprint density at radius 3 is 2.44 bits per heavy atom. The van der Waals surface area contributed by atoms with Gasteiger partial charge in [-0.1, -0.05) is 6.92 Å². The monoisotopic (exact) mass is 147 g/mol. The molecule has 0 atom stereocenters. The minimum absolute atomic E-state index is 1.01. The van der Waals surface area contributed by atoms with Gasteiger partial charge in [-0.15, -0.1) is 0 Å². The van der Waals surface area contributed by atoms with Crippen LogP contribution in [0.4, 0.5) is 0 Å². The molecule has 0 spiro atoms. The van der Waals surface area contributed by atoms with Crippen molar-refractivity contribution in [3.63, 3.8) is 0 Å². The fraction of sp³-hybridized carbons (Fsp3) is 1.00. The number of thiol groups is 1. The molecular weight excluding hydrogens is 130 g/mol. The van der Waals surface area contributed by atoms with Crippen LogP contribution >= 0.6 is 12.6 Å². The molecule has 0 saturated carbocycles. The van der Waals surface area contributed by atoms with Gasteiger partial charge >= 0.3 is 0 Å². The number of rotatable bonds is 5. The summed E-state index contributed by atoms with van der Waals surface area (Å²) in [5.41, 5.74) is 0. The van der Waals surface area contributed by atoms with Crippen molar-refractivity contribution in [2.45, 2.75) is 19.8 Å². The van der Waals surface area contributed by atoms with Gasteiger partial charge in [-0.3, -0.25) is 0 Å². The van der Waals surface area contributed by atoms with Gasteiger partial charge in [0, 0.05) is 0 Å². The predicted octanol–water partition coefficient (Wildman–Crippen LogP) is 1.65. The molecule has 0 fully saturated rings. The third-order valence-corrected chi connectivity index (χ3v) is 1.62. The Morgan fingerprint density at radius 1 is 1.33 bits per heavy atom. The van der Waals surface area contributed by atoms with Gasteiger partial charge in [0.1, 0.15) is 0 Å². The zero-order valence-electron chi connectivity index (χ0n) is 6.43. The van der Waals surface area contributed by atoms with Crippen molar-refractivity contribution in [3.05, 3.63) is 0 Å². The van der Waals surface area contributed by atoms with Crippen LogP contribution in [-0.2, 0) is 0 Å². The van der Waals surface area contributed by atoms with E-state index in [0.717, 1.165) is 5.75 Å². The lowest BCUT2D eigenvalue weighted by Crippen LogP contribution is -2.20. The molecule has 0 aromatic heterocycles. The molecule has 0 rings (SSSR count). The smallest absolute Gasteiger partial charge is 0.00140 e. The molecule has 9 heavy (non-hydrogen) atoms. The molecule has 0 bridgehead atoms. The Kier molecular flexibility index (Phi) is 6.65. The second-order valence-corrected chi connectivity index (χ2v) is 2.83. The van der Waals surface area contributed by atoms with Crippen LogP contribution in [0.2, 0.25) is 0 Å². The topological polar surface area (TPSA) is 3.24 Å². The summed E-state index contributed by atoms with van der Waals surface area (Å²) in [6.07, 6.45) is 2.46. The third kappa shape index (κ3) is 6.19. The molecule has 0 N–H and O–H groups in total. The summed E-state index contributed by atoms with van der Waals surface area (Å²) in [6, 6.07) is 0. The van der Waals surface area contributed by atoms with Crippen LogP contribution in [0, 0.1) is 0 Å². The van der Waals surface area contributed by atoms with Gasteiger partial charge in [0.2, 0.25) is 0 Å². The van der Waals surface area contributed by atoms with Gasteiger partial charge < -0.3 is 4.90 Å². The maximum atomic E-state index is 4.14. The van der Waals surface area contributed by atoms with E-state index in [1.54, 1.807) is 0 Å². The zero-order chi connectivity index (χ0) is 7.11. The van der Waals surface area contributed by atoms with Crippen molar-refractivity contribution in [1.82, 2.24) is 4.90 Å². The highest BCUT2D eigenvalue weighted by Gasteiger charge is 1.92. The Morgan fingerprint density at radius 2 is 2.00 bits per heavy atom. The van der Waals surface area contributed by atoms with E-state index in [0.29, 0.717) is 0 Å². The van der Waals surface area contributed by atoms with Gasteiger partial charge in [-0.25, -0.2) is 0 Å². The lowest BCUT2D eigenvalue weighted by Gasteiger charge is -2.13. The first-order valence-electron chi connectivity index (χ1n) is 3.60. The first-order chi connectivity index (χ1) is 4.31. The molecule has 0 aliphatic rings. The normalized spacial score (nSPS) is 10.7. The molecule has 0 radical (unpaired) electrons. The van der Waals surface area contributed by atoms with Gasteiger partial charge in [-0.05, 0) is 38.7 Å². The van der Waals surface area contributed by atoms with E-state index in [1.165, 1.54) is 25.9 Å². The van der Waals surface area contributed by atoms with Crippen molar-refractivity contribution >= 4 is 12.6 Å². The summed E-state index contributed by atoms with van der Waals surface area (Å²) in [6.45, 7) is 4.61. The molecule has 1 nitrogen and oxygen atoms in total. The van der Waals surface area contributed by atoms with Gasteiger partial charge in [0.15, 0.2) is 0 Å². The fourth-order valence-corrected chi connectivity index (χ4v) is 0.976. The molecule has 0 amide bonds. The highest BCUT2D eigenvalue weighted by atomic mass is 32.1. The first kappa shape index (κ1) is 9.31. The van der Waals surface area contributed by atoms with Crippen molar-refractivity contribution in [1.29, 1.82) is 0 Å². The molecule has 0 aromatic carbocycles. The van der Waals surface area contributed by atoms with Crippen molar-refractivity contribution in [2.24, 2.45) is 0 Å². The first-order valence-corrected chi connectivity index (χ1v) is 4.24. The average molecular weight is 147 g/mol. The average Bonchev–Trinajstić information content (AvgIpc) is 1.85. The molecule has 0 unspecified atom stereocenters. The Balaban J connectivity index is 2.95. The fourth-order valence-electron chi connectivity index (χ4n) is 0.834. The number of hydrogen-bond acceptors (Lipinski definition) is 2. The largest absolute Gasteiger partial charge is 0.306 e. The van der Waals surface area contributed by atoms with Gasteiger partial charge in [-0.2, -0.15) is 12.6 Å².